The molecule has 0 bridgehead atoms. The van der Waals surface area contributed by atoms with Crippen molar-refractivity contribution in [2.75, 3.05) is 0 Å². The van der Waals surface area contributed by atoms with Crippen molar-refractivity contribution in [3.63, 3.8) is 0 Å². The smallest absolute Gasteiger partial charge is 0.323 e. The molecule has 0 aromatic heterocycles. The summed E-state index contributed by atoms with van der Waals surface area (Å²) >= 11 is 12.7. The van der Waals surface area contributed by atoms with Gasteiger partial charge >= 0.3 is 6.03 Å². The zero-order valence-corrected chi connectivity index (χ0v) is 17.4. The average molecular weight is 465 g/mol. The predicted molar refractivity (Wildman–Crippen MR) is 113 cm³/mol. The lowest BCUT2D eigenvalue weighted by Gasteiger charge is -2.34. The summed E-state index contributed by atoms with van der Waals surface area (Å²) in [6.07, 6.45) is -1.17. The Kier molecular flexibility index (Phi) is 5.05. The van der Waals surface area contributed by atoms with Crippen molar-refractivity contribution in [3.05, 3.63) is 69.7 Å². The number of amides is 3. The first kappa shape index (κ1) is 20.4. The number of hydrogen-bond acceptors (Lipinski definition) is 6. The van der Waals surface area contributed by atoms with Crippen LogP contribution in [-0.2, 0) is 14.6 Å². The molecule has 11 heteroatoms. The van der Waals surface area contributed by atoms with Gasteiger partial charge in [-0.2, -0.15) is 0 Å². The minimum atomic E-state index is -4.15. The Hall–Kier alpha value is -2.88. The molecule has 8 nitrogen and oxygen atoms in total. The highest BCUT2D eigenvalue weighted by molar-refractivity contribution is 7.93. The van der Waals surface area contributed by atoms with E-state index in [9.17, 15) is 18.0 Å². The number of amidine groups is 1. The zero-order valence-electron chi connectivity index (χ0n) is 15.1. The molecule has 4 rings (SSSR count). The Balaban J connectivity index is 2.06. The molecule has 2 aromatic carbocycles. The molecule has 1 saturated heterocycles. The molecule has 0 saturated carbocycles. The van der Waals surface area contributed by atoms with Crippen molar-refractivity contribution in [3.8, 4) is 0 Å². The molecule has 2 atom stereocenters. The van der Waals surface area contributed by atoms with E-state index >= 15 is 0 Å². The highest BCUT2D eigenvalue weighted by atomic mass is 35.5. The maximum atomic E-state index is 13.5. The molecule has 0 radical (unpaired) electrons. The lowest BCUT2D eigenvalue weighted by molar-refractivity contribution is -0.117. The van der Waals surface area contributed by atoms with Crippen LogP contribution in [0.1, 0.15) is 5.56 Å². The summed E-state index contributed by atoms with van der Waals surface area (Å²) in [6, 6.07) is 11.4. The molecule has 2 aliphatic rings. The minimum Gasteiger partial charge on any atom is -0.386 e. The van der Waals surface area contributed by atoms with E-state index in [1.807, 2.05) is 0 Å². The lowest BCUT2D eigenvalue weighted by Crippen LogP contribution is -2.57. The Morgan fingerprint density at radius 3 is 2.20 bits per heavy atom. The summed E-state index contributed by atoms with van der Waals surface area (Å²) in [5.74, 6) is -1.10. The average Bonchev–Trinajstić information content (AvgIpc) is 2.67. The van der Waals surface area contributed by atoms with Gasteiger partial charge < -0.3 is 11.1 Å². The molecule has 2 aromatic rings. The number of aliphatic imine (C=N–C) groups is 1. The molecule has 0 spiro atoms. The number of dihydropyridines is 1. The summed E-state index contributed by atoms with van der Waals surface area (Å²) in [4.78, 5) is 28.6. The van der Waals surface area contributed by atoms with Gasteiger partial charge in [0.2, 0.25) is 0 Å². The molecular formula is C19H14Cl2N4O4S. The number of nitrogens with zero attached hydrogens (tertiary/aromatic N) is 1. The van der Waals surface area contributed by atoms with E-state index in [0.29, 0.717) is 0 Å². The van der Waals surface area contributed by atoms with E-state index in [0.717, 1.165) is 0 Å². The molecule has 1 fully saturated rings. The van der Waals surface area contributed by atoms with Gasteiger partial charge in [-0.1, -0.05) is 47.5 Å². The van der Waals surface area contributed by atoms with Gasteiger partial charge in [0.15, 0.2) is 16.0 Å². The molecule has 2 unspecified atom stereocenters. The van der Waals surface area contributed by atoms with Gasteiger partial charge in [-0.25, -0.2) is 18.2 Å². The van der Waals surface area contributed by atoms with E-state index in [1.54, 1.807) is 24.3 Å². The number of hydrogen-bond donors (Lipinski definition) is 3. The van der Waals surface area contributed by atoms with Gasteiger partial charge in [-0.3, -0.25) is 10.1 Å². The Morgan fingerprint density at radius 1 is 0.933 bits per heavy atom. The van der Waals surface area contributed by atoms with Crippen LogP contribution in [0.15, 0.2) is 64.0 Å². The summed E-state index contributed by atoms with van der Waals surface area (Å²) in [5, 5.41) is 3.26. The number of benzene rings is 2. The number of sulfone groups is 1. The van der Waals surface area contributed by atoms with Crippen LogP contribution in [0.25, 0.3) is 5.57 Å². The Bertz CT molecular complexity index is 1220. The standard InChI is InChI=1S/C19H14Cl2N4O4S/c20-10-7-4-8-11(21)12(10)13-14-17(24-19(27)25-18(14)26)23-16(22)15(13)30(28,29)9-5-2-1-3-6-9/h1-8,15,17H,(H2,22,23)(H2,24,25,26,27). The highest BCUT2D eigenvalue weighted by Gasteiger charge is 2.46. The second-order valence-electron chi connectivity index (χ2n) is 6.55. The first-order valence-electron chi connectivity index (χ1n) is 8.64. The number of carbonyl (C=O) groups is 2. The van der Waals surface area contributed by atoms with Crippen LogP contribution in [0.2, 0.25) is 10.0 Å². The van der Waals surface area contributed by atoms with E-state index in [4.69, 9.17) is 28.9 Å². The zero-order chi connectivity index (χ0) is 21.6. The fourth-order valence-electron chi connectivity index (χ4n) is 3.48. The number of nitrogens with two attached hydrogens (primary N) is 1. The number of carbonyl (C=O) groups excluding carboxylic acids is 2. The third-order valence-corrected chi connectivity index (χ3v) is 7.38. The van der Waals surface area contributed by atoms with E-state index in [2.05, 4.69) is 15.6 Å². The largest absolute Gasteiger partial charge is 0.386 e. The van der Waals surface area contributed by atoms with Crippen LogP contribution in [-0.4, -0.2) is 37.6 Å². The minimum absolute atomic E-state index is 0.0203. The van der Waals surface area contributed by atoms with Gasteiger partial charge in [0, 0.05) is 21.2 Å². The van der Waals surface area contributed by atoms with E-state index < -0.39 is 33.2 Å². The second-order valence-corrected chi connectivity index (χ2v) is 9.39. The fourth-order valence-corrected chi connectivity index (χ4v) is 5.82. The normalized spacial score (nSPS) is 21.5. The number of fused-ring (bicyclic) bond motifs is 1. The number of rotatable bonds is 3. The quantitative estimate of drug-likeness (QED) is 0.639. The highest BCUT2D eigenvalue weighted by Crippen LogP contribution is 2.41. The summed E-state index contributed by atoms with van der Waals surface area (Å²) in [5.41, 5.74) is 6.11. The van der Waals surface area contributed by atoms with Crippen LogP contribution >= 0.6 is 23.2 Å². The van der Waals surface area contributed by atoms with Crippen molar-refractivity contribution in [2.24, 2.45) is 10.7 Å². The Morgan fingerprint density at radius 2 is 1.57 bits per heavy atom. The first-order chi connectivity index (χ1) is 14.2. The lowest BCUT2D eigenvalue weighted by atomic mass is 9.90. The van der Waals surface area contributed by atoms with E-state index in [1.165, 1.54) is 24.3 Å². The van der Waals surface area contributed by atoms with Crippen LogP contribution in [0.5, 0.6) is 0 Å². The van der Waals surface area contributed by atoms with Gasteiger partial charge in [0.25, 0.3) is 5.91 Å². The monoisotopic (exact) mass is 464 g/mol. The molecule has 2 aliphatic heterocycles. The van der Waals surface area contributed by atoms with Crippen LogP contribution in [0.3, 0.4) is 0 Å². The molecule has 0 aliphatic carbocycles. The third-order valence-electron chi connectivity index (χ3n) is 4.73. The summed E-state index contributed by atoms with van der Waals surface area (Å²) in [6.45, 7) is 0. The SMILES string of the molecule is NC1=NC2NC(=O)NC(=O)C2=C(c2c(Cl)cccc2Cl)C1S(=O)(=O)c1ccccc1. The van der Waals surface area contributed by atoms with Gasteiger partial charge in [-0.05, 0) is 24.3 Å². The summed E-state index contributed by atoms with van der Waals surface area (Å²) in [7, 11) is -4.15. The van der Waals surface area contributed by atoms with Crippen molar-refractivity contribution < 1.29 is 18.0 Å². The van der Waals surface area contributed by atoms with E-state index in [-0.39, 0.29) is 37.5 Å². The van der Waals surface area contributed by atoms with Crippen molar-refractivity contribution in [2.45, 2.75) is 16.3 Å². The number of urea groups is 1. The first-order valence-corrected chi connectivity index (χ1v) is 10.9. The predicted octanol–water partition coefficient (Wildman–Crippen LogP) is 2.13. The second kappa shape index (κ2) is 7.42. The van der Waals surface area contributed by atoms with Gasteiger partial charge in [0.05, 0.1) is 10.5 Å². The number of nitrogens with one attached hydrogen (secondary N) is 2. The summed E-state index contributed by atoms with van der Waals surface area (Å²) < 4.78 is 27.1. The molecular weight excluding hydrogens is 451 g/mol. The van der Waals surface area contributed by atoms with Crippen molar-refractivity contribution in [1.29, 1.82) is 0 Å². The molecule has 3 amide bonds. The maximum Gasteiger partial charge on any atom is 0.323 e. The number of halogens is 2. The third kappa shape index (κ3) is 3.24. The molecule has 30 heavy (non-hydrogen) atoms. The van der Waals surface area contributed by atoms with Crippen molar-refractivity contribution >= 4 is 56.4 Å². The molecule has 154 valence electrons. The molecule has 2 heterocycles. The van der Waals surface area contributed by atoms with Crippen LogP contribution in [0, 0.1) is 0 Å². The Labute approximate surface area is 181 Å². The maximum absolute atomic E-state index is 13.5. The van der Waals surface area contributed by atoms with Crippen LogP contribution in [0.4, 0.5) is 4.79 Å². The van der Waals surface area contributed by atoms with Crippen LogP contribution < -0.4 is 16.4 Å². The van der Waals surface area contributed by atoms with Gasteiger partial charge in [0.1, 0.15) is 11.1 Å². The topological polar surface area (TPSA) is 131 Å². The molecule has 4 N–H and O–H groups in total. The number of imide groups is 1. The van der Waals surface area contributed by atoms with Gasteiger partial charge in [-0.15, -0.1) is 0 Å². The fraction of sp³-hybridized carbons (Fsp3) is 0.105. The van der Waals surface area contributed by atoms with Crippen molar-refractivity contribution in [1.82, 2.24) is 10.6 Å².